The Labute approximate surface area is 110 Å². The fourth-order valence-electron chi connectivity index (χ4n) is 1.74. The van der Waals surface area contributed by atoms with E-state index in [9.17, 15) is 0 Å². The number of benzene rings is 1. The summed E-state index contributed by atoms with van der Waals surface area (Å²) in [5, 5.41) is 0. The van der Waals surface area contributed by atoms with Gasteiger partial charge in [0.15, 0.2) is 0 Å². The Bertz CT molecular complexity index is 381. The lowest BCUT2D eigenvalue weighted by Crippen LogP contribution is -2.14. The highest BCUT2D eigenvalue weighted by Crippen LogP contribution is 2.33. The van der Waals surface area contributed by atoms with E-state index in [1.165, 1.54) is 0 Å². The molecule has 0 radical (unpaired) electrons. The van der Waals surface area contributed by atoms with Crippen molar-refractivity contribution in [3.63, 3.8) is 0 Å². The largest absolute Gasteiger partial charge is 0.496 e. The molecule has 1 aromatic carbocycles. The average molecular weight is 251 g/mol. The zero-order chi connectivity index (χ0) is 13.8. The van der Waals surface area contributed by atoms with Gasteiger partial charge in [0.2, 0.25) is 0 Å². The fourth-order valence-corrected chi connectivity index (χ4v) is 1.74. The monoisotopic (exact) mass is 251 g/mol. The third-order valence-corrected chi connectivity index (χ3v) is 2.81. The van der Waals surface area contributed by atoms with Crippen LogP contribution >= 0.6 is 0 Å². The van der Waals surface area contributed by atoms with Crippen LogP contribution < -0.4 is 15.2 Å². The molecule has 0 saturated heterocycles. The maximum absolute atomic E-state index is 5.99. The minimum absolute atomic E-state index is 0.106. The van der Waals surface area contributed by atoms with Gasteiger partial charge in [-0.2, -0.15) is 0 Å². The van der Waals surface area contributed by atoms with Gasteiger partial charge in [-0.25, -0.2) is 0 Å². The molecule has 0 aliphatic carbocycles. The average Bonchev–Trinajstić information content (AvgIpc) is 2.26. The summed E-state index contributed by atoms with van der Waals surface area (Å²) in [6.45, 7) is 9.24. The van der Waals surface area contributed by atoms with E-state index in [4.69, 9.17) is 15.2 Å². The van der Waals surface area contributed by atoms with Gasteiger partial charge in [-0.1, -0.05) is 26.8 Å². The molecule has 0 spiro atoms. The molecule has 0 fully saturated rings. The standard InChI is InChI=1S/C15H25NO2/c1-11(16)14-12(17-5)7-6-8-13(14)18-10-9-15(2,3)4/h6-8,11H,9-10,16H2,1-5H3/t11-/m1/s1. The van der Waals surface area contributed by atoms with Crippen LogP contribution in [0.3, 0.4) is 0 Å². The highest BCUT2D eigenvalue weighted by atomic mass is 16.5. The van der Waals surface area contributed by atoms with Gasteiger partial charge in [0.1, 0.15) is 11.5 Å². The van der Waals surface area contributed by atoms with Crippen LogP contribution in [0.15, 0.2) is 18.2 Å². The van der Waals surface area contributed by atoms with Crippen LogP contribution in [0.4, 0.5) is 0 Å². The lowest BCUT2D eigenvalue weighted by Gasteiger charge is -2.21. The topological polar surface area (TPSA) is 44.5 Å². The third-order valence-electron chi connectivity index (χ3n) is 2.81. The van der Waals surface area contributed by atoms with Crippen LogP contribution in [0.5, 0.6) is 11.5 Å². The van der Waals surface area contributed by atoms with Crippen LogP contribution in [0, 0.1) is 5.41 Å². The Hall–Kier alpha value is -1.22. The molecule has 1 atom stereocenters. The Morgan fingerprint density at radius 1 is 1.22 bits per heavy atom. The van der Waals surface area contributed by atoms with Crippen LogP contribution in [-0.4, -0.2) is 13.7 Å². The number of rotatable bonds is 5. The first-order valence-corrected chi connectivity index (χ1v) is 6.40. The van der Waals surface area contributed by atoms with Crippen molar-refractivity contribution in [2.24, 2.45) is 11.1 Å². The molecule has 0 saturated carbocycles. The van der Waals surface area contributed by atoms with Gasteiger partial charge in [-0.15, -0.1) is 0 Å². The van der Waals surface area contributed by atoms with E-state index < -0.39 is 0 Å². The smallest absolute Gasteiger partial charge is 0.127 e. The molecule has 3 nitrogen and oxygen atoms in total. The predicted molar refractivity (Wildman–Crippen MR) is 75.2 cm³/mol. The normalized spacial score (nSPS) is 13.2. The van der Waals surface area contributed by atoms with Gasteiger partial charge in [0, 0.05) is 6.04 Å². The molecule has 102 valence electrons. The maximum Gasteiger partial charge on any atom is 0.127 e. The molecule has 1 rings (SSSR count). The molecule has 0 bridgehead atoms. The van der Waals surface area contributed by atoms with Crippen molar-refractivity contribution in [2.45, 2.75) is 40.2 Å². The van der Waals surface area contributed by atoms with Crippen molar-refractivity contribution >= 4 is 0 Å². The second kappa shape index (κ2) is 6.10. The minimum atomic E-state index is -0.106. The zero-order valence-electron chi connectivity index (χ0n) is 12.1. The van der Waals surface area contributed by atoms with E-state index in [1.54, 1.807) is 7.11 Å². The summed E-state index contributed by atoms with van der Waals surface area (Å²) >= 11 is 0. The molecule has 0 aliphatic heterocycles. The first kappa shape index (κ1) is 14.8. The molecule has 1 aromatic rings. The van der Waals surface area contributed by atoms with Gasteiger partial charge < -0.3 is 15.2 Å². The Morgan fingerprint density at radius 3 is 2.33 bits per heavy atom. The molecule has 2 N–H and O–H groups in total. The van der Waals surface area contributed by atoms with Gasteiger partial charge in [-0.3, -0.25) is 0 Å². The highest BCUT2D eigenvalue weighted by Gasteiger charge is 2.15. The van der Waals surface area contributed by atoms with E-state index >= 15 is 0 Å². The van der Waals surface area contributed by atoms with Crippen LogP contribution in [0.2, 0.25) is 0 Å². The van der Waals surface area contributed by atoms with Crippen molar-refractivity contribution < 1.29 is 9.47 Å². The Kier molecular flexibility index (Phi) is 5.03. The van der Waals surface area contributed by atoms with Crippen LogP contribution in [0.1, 0.15) is 45.7 Å². The number of methoxy groups -OCH3 is 1. The summed E-state index contributed by atoms with van der Waals surface area (Å²) in [4.78, 5) is 0. The SMILES string of the molecule is COc1cccc(OCCC(C)(C)C)c1[C@@H](C)N. The summed E-state index contributed by atoms with van der Waals surface area (Å²) in [7, 11) is 1.65. The Balaban J connectivity index is 2.82. The maximum atomic E-state index is 5.99. The molecule has 3 heteroatoms. The summed E-state index contributed by atoms with van der Waals surface area (Å²) in [5.74, 6) is 1.62. The second-order valence-corrected chi connectivity index (χ2v) is 5.82. The first-order valence-electron chi connectivity index (χ1n) is 6.40. The van der Waals surface area contributed by atoms with E-state index in [0.29, 0.717) is 6.61 Å². The molecule has 0 aliphatic rings. The zero-order valence-corrected chi connectivity index (χ0v) is 12.1. The number of hydrogen-bond donors (Lipinski definition) is 1. The minimum Gasteiger partial charge on any atom is -0.496 e. The van der Waals surface area contributed by atoms with E-state index in [-0.39, 0.29) is 11.5 Å². The number of hydrogen-bond acceptors (Lipinski definition) is 3. The van der Waals surface area contributed by atoms with Crippen LogP contribution in [0.25, 0.3) is 0 Å². The molecule has 0 unspecified atom stereocenters. The molecular formula is C15H25NO2. The fraction of sp³-hybridized carbons (Fsp3) is 0.600. The summed E-state index contributed by atoms with van der Waals surface area (Å²) in [6.07, 6.45) is 1.00. The molecular weight excluding hydrogens is 226 g/mol. The van der Waals surface area contributed by atoms with Crippen LogP contribution in [-0.2, 0) is 0 Å². The van der Waals surface area contributed by atoms with Gasteiger partial charge in [0.05, 0.1) is 19.3 Å². The molecule has 0 amide bonds. The van der Waals surface area contributed by atoms with Crippen molar-refractivity contribution in [3.8, 4) is 11.5 Å². The quantitative estimate of drug-likeness (QED) is 0.870. The van der Waals surface area contributed by atoms with Crippen molar-refractivity contribution in [1.82, 2.24) is 0 Å². The predicted octanol–water partition coefficient (Wildman–Crippen LogP) is 3.53. The summed E-state index contributed by atoms with van der Waals surface area (Å²) in [6, 6.07) is 5.68. The van der Waals surface area contributed by atoms with Gasteiger partial charge >= 0.3 is 0 Å². The third kappa shape index (κ3) is 4.22. The number of ether oxygens (including phenoxy) is 2. The highest BCUT2D eigenvalue weighted by molar-refractivity contribution is 5.46. The molecule has 18 heavy (non-hydrogen) atoms. The summed E-state index contributed by atoms with van der Waals surface area (Å²) in [5.41, 5.74) is 7.20. The summed E-state index contributed by atoms with van der Waals surface area (Å²) < 4.78 is 11.2. The molecule has 0 heterocycles. The lowest BCUT2D eigenvalue weighted by molar-refractivity contribution is 0.239. The lowest BCUT2D eigenvalue weighted by atomic mass is 9.93. The van der Waals surface area contributed by atoms with Crippen molar-refractivity contribution in [1.29, 1.82) is 0 Å². The molecule has 0 aromatic heterocycles. The van der Waals surface area contributed by atoms with Gasteiger partial charge in [0.25, 0.3) is 0 Å². The van der Waals surface area contributed by atoms with E-state index in [0.717, 1.165) is 23.5 Å². The second-order valence-electron chi connectivity index (χ2n) is 5.82. The van der Waals surface area contributed by atoms with Crippen molar-refractivity contribution in [3.05, 3.63) is 23.8 Å². The van der Waals surface area contributed by atoms with E-state index in [1.807, 2.05) is 25.1 Å². The van der Waals surface area contributed by atoms with Crippen molar-refractivity contribution in [2.75, 3.05) is 13.7 Å². The number of nitrogens with two attached hydrogens (primary N) is 1. The van der Waals surface area contributed by atoms with Gasteiger partial charge in [-0.05, 0) is 30.9 Å². The Morgan fingerprint density at radius 2 is 1.83 bits per heavy atom. The first-order chi connectivity index (χ1) is 8.35. The van der Waals surface area contributed by atoms with E-state index in [2.05, 4.69) is 20.8 Å².